The van der Waals surface area contributed by atoms with Gasteiger partial charge in [-0.2, -0.15) is 0 Å². The molecule has 2 unspecified atom stereocenters. The second-order valence-corrected chi connectivity index (χ2v) is 8.45. The number of benzene rings is 1. The van der Waals surface area contributed by atoms with E-state index < -0.39 is 18.0 Å². The van der Waals surface area contributed by atoms with Gasteiger partial charge in [0.1, 0.15) is 11.7 Å². The van der Waals surface area contributed by atoms with Crippen LogP contribution in [0.15, 0.2) is 47.7 Å². The summed E-state index contributed by atoms with van der Waals surface area (Å²) in [7, 11) is 1.63. The van der Waals surface area contributed by atoms with E-state index in [1.165, 1.54) is 11.1 Å². The molecule has 4 rings (SSSR count). The van der Waals surface area contributed by atoms with E-state index in [2.05, 4.69) is 28.8 Å². The Morgan fingerprint density at radius 3 is 2.69 bits per heavy atom. The van der Waals surface area contributed by atoms with Gasteiger partial charge >= 0.3 is 12.1 Å². The monoisotopic (exact) mass is 434 g/mol. The summed E-state index contributed by atoms with van der Waals surface area (Å²) in [6.45, 7) is 4.85. The van der Waals surface area contributed by atoms with E-state index >= 15 is 0 Å². The molecule has 2 aromatic heterocycles. The first-order chi connectivity index (χ1) is 15.3. The predicted octanol–water partition coefficient (Wildman–Crippen LogP) is 4.58. The normalized spacial score (nSPS) is 17.8. The Kier molecular flexibility index (Phi) is 5.94. The number of amides is 1. The van der Waals surface area contributed by atoms with Gasteiger partial charge in [0.15, 0.2) is 0 Å². The van der Waals surface area contributed by atoms with Crippen LogP contribution in [0, 0.1) is 5.92 Å². The molecule has 0 aliphatic carbocycles. The van der Waals surface area contributed by atoms with Gasteiger partial charge in [-0.05, 0) is 42.2 Å². The van der Waals surface area contributed by atoms with E-state index in [4.69, 9.17) is 4.74 Å². The Balaban J connectivity index is 1.69. The summed E-state index contributed by atoms with van der Waals surface area (Å²) in [6.07, 6.45) is 5.09. The summed E-state index contributed by atoms with van der Waals surface area (Å²) in [6, 6.07) is 8.80. The number of rotatable bonds is 5. The predicted molar refractivity (Wildman–Crippen MR) is 123 cm³/mol. The number of anilines is 1. The Labute approximate surface area is 185 Å². The van der Waals surface area contributed by atoms with Crippen molar-refractivity contribution >= 4 is 34.9 Å². The van der Waals surface area contributed by atoms with Crippen molar-refractivity contribution in [3.8, 4) is 5.75 Å². The summed E-state index contributed by atoms with van der Waals surface area (Å²) in [5.74, 6) is -0.847. The fourth-order valence-corrected chi connectivity index (χ4v) is 4.22. The van der Waals surface area contributed by atoms with Gasteiger partial charge < -0.3 is 14.8 Å². The first-order valence-corrected chi connectivity index (χ1v) is 10.6. The van der Waals surface area contributed by atoms with E-state index in [-0.39, 0.29) is 5.92 Å². The number of hydrogen-bond acceptors (Lipinski definition) is 5. The Bertz CT molecular complexity index is 1170. The number of aromatic amines is 1. The van der Waals surface area contributed by atoms with Crippen LogP contribution >= 0.6 is 0 Å². The average Bonchev–Trinajstić information content (AvgIpc) is 3.04. The van der Waals surface area contributed by atoms with Gasteiger partial charge in [-0.25, -0.2) is 4.79 Å². The van der Waals surface area contributed by atoms with Crippen LogP contribution in [-0.4, -0.2) is 46.9 Å². The van der Waals surface area contributed by atoms with Crippen molar-refractivity contribution in [2.24, 2.45) is 10.9 Å². The van der Waals surface area contributed by atoms with Crippen LogP contribution in [0.3, 0.4) is 0 Å². The van der Waals surface area contributed by atoms with Crippen molar-refractivity contribution < 1.29 is 19.4 Å². The number of carbonyl (C=O) groups is 2. The van der Waals surface area contributed by atoms with Crippen molar-refractivity contribution in [2.75, 3.05) is 18.5 Å². The lowest BCUT2D eigenvalue weighted by molar-refractivity contribution is -0.137. The summed E-state index contributed by atoms with van der Waals surface area (Å²) < 4.78 is 5.57. The first-order valence-electron chi connectivity index (χ1n) is 10.6. The lowest BCUT2D eigenvalue weighted by atomic mass is 9.87. The van der Waals surface area contributed by atoms with Crippen LogP contribution in [0.25, 0.3) is 10.9 Å². The zero-order chi connectivity index (χ0) is 22.8. The third-order valence-corrected chi connectivity index (χ3v) is 5.69. The van der Waals surface area contributed by atoms with Gasteiger partial charge in [-0.15, -0.1) is 0 Å². The highest BCUT2D eigenvalue weighted by Gasteiger charge is 2.31. The molecule has 0 saturated carbocycles. The maximum Gasteiger partial charge on any atom is 0.419 e. The third kappa shape index (κ3) is 4.21. The Morgan fingerprint density at radius 1 is 1.25 bits per heavy atom. The highest BCUT2D eigenvalue weighted by Crippen LogP contribution is 2.39. The zero-order valence-electron chi connectivity index (χ0n) is 18.3. The molecular weight excluding hydrogens is 408 g/mol. The minimum atomic E-state index is -0.947. The minimum Gasteiger partial charge on any atom is -0.480 e. The van der Waals surface area contributed by atoms with Gasteiger partial charge in [0.05, 0.1) is 0 Å². The van der Waals surface area contributed by atoms with Crippen molar-refractivity contribution in [2.45, 2.75) is 32.1 Å². The fraction of sp³-hybridized carbons (Fsp3) is 0.333. The number of carbonyl (C=O) groups excluding carboxylic acids is 1. The molecule has 0 bridgehead atoms. The van der Waals surface area contributed by atoms with E-state index in [0.29, 0.717) is 29.6 Å². The summed E-state index contributed by atoms with van der Waals surface area (Å²) >= 11 is 0. The molecule has 3 heterocycles. The lowest BCUT2D eigenvalue weighted by Gasteiger charge is -2.18. The van der Waals surface area contributed by atoms with Crippen molar-refractivity contribution in [3.05, 3.63) is 54.0 Å². The maximum absolute atomic E-state index is 12.6. The molecule has 8 nitrogen and oxygen atoms in total. The molecule has 0 saturated heterocycles. The minimum absolute atomic E-state index is 0.116. The fourth-order valence-electron chi connectivity index (χ4n) is 4.22. The number of fused-ring (bicyclic) bond motifs is 3. The molecule has 166 valence electrons. The molecule has 0 spiro atoms. The second-order valence-electron chi connectivity index (χ2n) is 8.45. The van der Waals surface area contributed by atoms with Crippen LogP contribution in [-0.2, 0) is 4.79 Å². The molecule has 1 aromatic carbocycles. The number of aliphatic imine (C=N–C) groups is 1. The van der Waals surface area contributed by atoms with Crippen LogP contribution in [0.5, 0.6) is 5.75 Å². The number of ether oxygens (including phenoxy) is 1. The lowest BCUT2D eigenvalue weighted by Crippen LogP contribution is -2.29. The number of nitrogens with one attached hydrogen (secondary N) is 1. The Morgan fingerprint density at radius 2 is 2.00 bits per heavy atom. The maximum atomic E-state index is 12.6. The van der Waals surface area contributed by atoms with E-state index in [9.17, 15) is 14.7 Å². The number of H-pyrrole nitrogens is 1. The van der Waals surface area contributed by atoms with E-state index in [1.54, 1.807) is 43.7 Å². The average molecular weight is 434 g/mol. The number of aliphatic carboxylic acids is 1. The molecule has 2 N–H and O–H groups in total. The first kappa shape index (κ1) is 21.5. The molecule has 1 amide bonds. The second kappa shape index (κ2) is 8.82. The standard InChI is InChI=1S/C24H26N4O4/c1-14(2)10-15-12-26-13-19(23(29)30)22-21(15)18-5-4-17(11-20(18)27-22)32-24(31)28(3)16-6-8-25-9-7-16/h4-9,11,13-15,19,27H,10,12H2,1-3H3,(H,29,30). The summed E-state index contributed by atoms with van der Waals surface area (Å²) in [5, 5.41) is 10.7. The van der Waals surface area contributed by atoms with E-state index in [0.717, 1.165) is 22.9 Å². The number of nitrogens with zero attached hydrogens (tertiary/aromatic N) is 3. The van der Waals surface area contributed by atoms with Crippen LogP contribution in [0.4, 0.5) is 10.5 Å². The highest BCUT2D eigenvalue weighted by atomic mass is 16.6. The molecule has 1 aliphatic rings. The number of aromatic nitrogens is 2. The van der Waals surface area contributed by atoms with Gasteiger partial charge in [0.2, 0.25) is 0 Å². The van der Waals surface area contributed by atoms with Crippen LogP contribution in [0.2, 0.25) is 0 Å². The number of pyridine rings is 1. The molecule has 1 aliphatic heterocycles. The quantitative estimate of drug-likeness (QED) is 0.611. The number of carboxylic acids is 1. The van der Waals surface area contributed by atoms with Crippen molar-refractivity contribution in [1.82, 2.24) is 9.97 Å². The number of carboxylic acid groups (broad SMARTS) is 1. The molecule has 32 heavy (non-hydrogen) atoms. The smallest absolute Gasteiger partial charge is 0.419 e. The molecule has 3 aromatic rings. The summed E-state index contributed by atoms with van der Waals surface area (Å²) in [5.41, 5.74) is 3.04. The molecular formula is C24H26N4O4. The molecule has 0 fully saturated rings. The summed E-state index contributed by atoms with van der Waals surface area (Å²) in [4.78, 5) is 37.5. The van der Waals surface area contributed by atoms with Gasteiger partial charge in [-0.3, -0.25) is 19.7 Å². The van der Waals surface area contributed by atoms with Crippen LogP contribution < -0.4 is 9.64 Å². The van der Waals surface area contributed by atoms with Crippen molar-refractivity contribution in [3.63, 3.8) is 0 Å². The largest absolute Gasteiger partial charge is 0.480 e. The number of hydrogen-bond donors (Lipinski definition) is 2. The van der Waals surface area contributed by atoms with Gasteiger partial charge in [0, 0.05) is 66.5 Å². The SMILES string of the molecule is CC(C)CC1CN=CC(C(=O)O)c2[nH]c3cc(OC(=O)N(C)c4ccncc4)ccc3c21. The highest BCUT2D eigenvalue weighted by molar-refractivity contribution is 5.99. The Hall–Kier alpha value is -3.68. The third-order valence-electron chi connectivity index (χ3n) is 5.69. The molecule has 8 heteroatoms. The van der Waals surface area contributed by atoms with Crippen LogP contribution in [0.1, 0.15) is 43.4 Å². The molecule has 0 radical (unpaired) electrons. The van der Waals surface area contributed by atoms with Gasteiger partial charge in [0.25, 0.3) is 0 Å². The molecule has 2 atom stereocenters. The van der Waals surface area contributed by atoms with E-state index in [1.807, 2.05) is 6.07 Å². The topological polar surface area (TPSA) is 108 Å². The zero-order valence-corrected chi connectivity index (χ0v) is 18.3. The van der Waals surface area contributed by atoms with Gasteiger partial charge in [-0.1, -0.05) is 13.8 Å². The van der Waals surface area contributed by atoms with Crippen molar-refractivity contribution in [1.29, 1.82) is 0 Å².